The van der Waals surface area contributed by atoms with Crippen molar-refractivity contribution in [3.8, 4) is 11.4 Å². The van der Waals surface area contributed by atoms with Gasteiger partial charge < -0.3 is 9.64 Å². The molecule has 8 heteroatoms. The molecule has 1 fully saturated rings. The summed E-state index contributed by atoms with van der Waals surface area (Å²) in [6, 6.07) is 18.4. The van der Waals surface area contributed by atoms with Crippen molar-refractivity contribution in [3.63, 3.8) is 0 Å². The molecule has 0 N–H and O–H groups in total. The molecular weight excluding hydrogens is 436 g/mol. The zero-order valence-electron chi connectivity index (χ0n) is 19.4. The van der Waals surface area contributed by atoms with E-state index >= 15 is 0 Å². The molecule has 3 aromatic rings. The van der Waals surface area contributed by atoms with Crippen LogP contribution in [0, 0.1) is 6.92 Å². The number of rotatable bonds is 7. The second-order valence-electron chi connectivity index (χ2n) is 8.41. The first-order chi connectivity index (χ1) is 15.8. The maximum absolute atomic E-state index is 12.0. The molecule has 1 saturated heterocycles. The minimum absolute atomic E-state index is 0.375. The third-order valence-corrected chi connectivity index (χ3v) is 7.20. The Morgan fingerprint density at radius 1 is 0.939 bits per heavy atom. The Hall–Kier alpha value is -2.81. The number of nitrogens with zero attached hydrogens (tertiary/aromatic N) is 4. The summed E-state index contributed by atoms with van der Waals surface area (Å²) >= 11 is 0. The molecule has 2 heterocycles. The summed E-state index contributed by atoms with van der Waals surface area (Å²) in [5, 5.41) is 0. The molecule has 0 unspecified atom stereocenters. The smallest absolute Gasteiger partial charge is 0.211 e. The zero-order valence-corrected chi connectivity index (χ0v) is 20.2. The van der Waals surface area contributed by atoms with Crippen LogP contribution in [0.3, 0.4) is 0 Å². The van der Waals surface area contributed by atoms with Gasteiger partial charge in [0.1, 0.15) is 5.82 Å². The third kappa shape index (κ3) is 5.58. The van der Waals surface area contributed by atoms with Crippen molar-refractivity contribution in [2.45, 2.75) is 20.0 Å². The first-order valence-corrected chi connectivity index (χ1v) is 12.9. The van der Waals surface area contributed by atoms with Gasteiger partial charge in [-0.1, -0.05) is 60.2 Å². The number of piperazine rings is 1. The van der Waals surface area contributed by atoms with E-state index in [9.17, 15) is 8.42 Å². The van der Waals surface area contributed by atoms with Crippen molar-refractivity contribution in [2.24, 2.45) is 0 Å². The molecule has 0 radical (unpaired) electrons. The summed E-state index contributed by atoms with van der Waals surface area (Å²) in [5.41, 5.74) is 5.20. The number of aryl methyl sites for hydroxylation is 1. The molecule has 1 aliphatic heterocycles. The standard InChI is InChI=1S/C25H30N4O3S/c1-19-9-11-20(12-10-19)17-22-23(18-32-2)26-24(21-7-5-4-6-8-21)27-25(22)28-13-15-29(16-14-28)33(3,30)31/h4-12H,13-18H2,1-3H3. The van der Waals surface area contributed by atoms with E-state index in [0.717, 1.165) is 22.6 Å². The van der Waals surface area contributed by atoms with Crippen LogP contribution in [-0.2, 0) is 27.8 Å². The van der Waals surface area contributed by atoms with Crippen LogP contribution in [-0.4, -0.2) is 62.2 Å². The third-order valence-electron chi connectivity index (χ3n) is 5.89. The largest absolute Gasteiger partial charge is 0.378 e. The SMILES string of the molecule is COCc1nc(-c2ccccc2)nc(N2CCN(S(C)(=O)=O)CC2)c1Cc1ccc(C)cc1. The van der Waals surface area contributed by atoms with Gasteiger partial charge in [0, 0.05) is 50.8 Å². The molecule has 0 bridgehead atoms. The number of ether oxygens (including phenoxy) is 1. The van der Waals surface area contributed by atoms with E-state index < -0.39 is 10.0 Å². The van der Waals surface area contributed by atoms with Gasteiger partial charge in [0.25, 0.3) is 0 Å². The number of benzene rings is 2. The highest BCUT2D eigenvalue weighted by Gasteiger charge is 2.27. The summed E-state index contributed by atoms with van der Waals surface area (Å²) in [7, 11) is -1.54. The van der Waals surface area contributed by atoms with Gasteiger partial charge in [0.15, 0.2) is 5.82 Å². The molecule has 33 heavy (non-hydrogen) atoms. The molecule has 0 spiro atoms. The molecular formula is C25H30N4O3S. The topological polar surface area (TPSA) is 75.6 Å². The number of sulfonamides is 1. The summed E-state index contributed by atoms with van der Waals surface area (Å²) in [4.78, 5) is 12.1. The lowest BCUT2D eigenvalue weighted by Gasteiger charge is -2.35. The van der Waals surface area contributed by atoms with Gasteiger partial charge >= 0.3 is 0 Å². The Bertz CT molecular complexity index is 1190. The first kappa shape index (κ1) is 23.4. The molecule has 0 saturated carbocycles. The van der Waals surface area contributed by atoms with Crippen LogP contribution in [0.25, 0.3) is 11.4 Å². The van der Waals surface area contributed by atoms with Gasteiger partial charge in [0.2, 0.25) is 10.0 Å². The van der Waals surface area contributed by atoms with Crippen LogP contribution in [0.4, 0.5) is 5.82 Å². The van der Waals surface area contributed by atoms with Crippen molar-refractivity contribution in [1.82, 2.24) is 14.3 Å². The fraction of sp³-hybridized carbons (Fsp3) is 0.360. The average molecular weight is 467 g/mol. The Morgan fingerprint density at radius 3 is 2.21 bits per heavy atom. The molecule has 0 aliphatic carbocycles. The van der Waals surface area contributed by atoms with Gasteiger partial charge in [-0.05, 0) is 12.5 Å². The molecule has 0 amide bonds. The van der Waals surface area contributed by atoms with Gasteiger partial charge in [-0.25, -0.2) is 18.4 Å². The molecule has 1 aromatic heterocycles. The Labute approximate surface area is 196 Å². The molecule has 4 rings (SSSR count). The van der Waals surface area contributed by atoms with Crippen LogP contribution in [0.1, 0.15) is 22.4 Å². The average Bonchev–Trinajstić information content (AvgIpc) is 2.81. The van der Waals surface area contributed by atoms with E-state index in [0.29, 0.717) is 45.0 Å². The van der Waals surface area contributed by atoms with E-state index in [1.807, 2.05) is 30.3 Å². The summed E-state index contributed by atoms with van der Waals surface area (Å²) in [6.07, 6.45) is 1.94. The number of hydrogen-bond acceptors (Lipinski definition) is 6. The highest BCUT2D eigenvalue weighted by atomic mass is 32.2. The van der Waals surface area contributed by atoms with Crippen LogP contribution in [0.2, 0.25) is 0 Å². The summed E-state index contributed by atoms with van der Waals surface area (Å²) in [5.74, 6) is 1.50. The van der Waals surface area contributed by atoms with E-state index in [4.69, 9.17) is 14.7 Å². The predicted octanol–water partition coefficient (Wildman–Crippen LogP) is 3.27. The summed E-state index contributed by atoms with van der Waals surface area (Å²) in [6.45, 7) is 4.47. The van der Waals surface area contributed by atoms with Crippen LogP contribution in [0.15, 0.2) is 54.6 Å². The van der Waals surface area contributed by atoms with E-state index in [1.165, 1.54) is 21.7 Å². The predicted molar refractivity (Wildman–Crippen MR) is 131 cm³/mol. The van der Waals surface area contributed by atoms with Crippen LogP contribution in [0.5, 0.6) is 0 Å². The van der Waals surface area contributed by atoms with Gasteiger partial charge in [-0.3, -0.25) is 0 Å². The van der Waals surface area contributed by atoms with Crippen molar-refractivity contribution in [3.05, 3.63) is 77.0 Å². The first-order valence-electron chi connectivity index (χ1n) is 11.0. The Morgan fingerprint density at radius 2 is 1.61 bits per heavy atom. The molecule has 174 valence electrons. The van der Waals surface area contributed by atoms with Crippen molar-refractivity contribution in [1.29, 1.82) is 0 Å². The van der Waals surface area contributed by atoms with Gasteiger partial charge in [0.05, 0.1) is 18.6 Å². The van der Waals surface area contributed by atoms with E-state index in [2.05, 4.69) is 36.1 Å². The van der Waals surface area contributed by atoms with Crippen molar-refractivity contribution < 1.29 is 13.2 Å². The van der Waals surface area contributed by atoms with Crippen molar-refractivity contribution >= 4 is 15.8 Å². The van der Waals surface area contributed by atoms with Gasteiger partial charge in [-0.2, -0.15) is 4.31 Å². The second kappa shape index (κ2) is 9.99. The molecule has 1 aliphatic rings. The lowest BCUT2D eigenvalue weighted by Crippen LogP contribution is -2.49. The van der Waals surface area contributed by atoms with Gasteiger partial charge in [-0.15, -0.1) is 0 Å². The zero-order chi connectivity index (χ0) is 23.4. The fourth-order valence-corrected chi connectivity index (χ4v) is 4.90. The Kier molecular flexibility index (Phi) is 7.07. The van der Waals surface area contributed by atoms with E-state index in [-0.39, 0.29) is 0 Å². The highest BCUT2D eigenvalue weighted by Crippen LogP contribution is 2.29. The second-order valence-corrected chi connectivity index (χ2v) is 10.4. The normalized spacial score (nSPS) is 15.1. The van der Waals surface area contributed by atoms with Crippen LogP contribution >= 0.6 is 0 Å². The molecule has 0 atom stereocenters. The maximum atomic E-state index is 12.0. The molecule has 7 nitrogen and oxygen atoms in total. The minimum atomic E-state index is -3.21. The monoisotopic (exact) mass is 466 g/mol. The quantitative estimate of drug-likeness (QED) is 0.532. The number of anilines is 1. The van der Waals surface area contributed by atoms with Crippen LogP contribution < -0.4 is 4.90 Å². The number of methoxy groups -OCH3 is 1. The lowest BCUT2D eigenvalue weighted by molar-refractivity contribution is 0.180. The fourth-order valence-electron chi connectivity index (χ4n) is 4.07. The van der Waals surface area contributed by atoms with E-state index in [1.54, 1.807) is 7.11 Å². The molecule has 2 aromatic carbocycles. The Balaban J connectivity index is 1.78. The maximum Gasteiger partial charge on any atom is 0.211 e. The summed E-state index contributed by atoms with van der Waals surface area (Å²) < 4.78 is 31.1. The number of aromatic nitrogens is 2. The van der Waals surface area contributed by atoms with Crippen molar-refractivity contribution in [2.75, 3.05) is 44.4 Å². The lowest BCUT2D eigenvalue weighted by atomic mass is 10.0. The highest BCUT2D eigenvalue weighted by molar-refractivity contribution is 7.88. The number of hydrogen-bond donors (Lipinski definition) is 0. The minimum Gasteiger partial charge on any atom is -0.378 e.